The van der Waals surface area contributed by atoms with E-state index in [1.54, 1.807) is 0 Å². The van der Waals surface area contributed by atoms with Crippen LogP contribution in [0.2, 0.25) is 0 Å². The molecule has 0 amide bonds. The van der Waals surface area contributed by atoms with Crippen molar-refractivity contribution in [2.24, 2.45) is 0 Å². The molecule has 0 unspecified atom stereocenters. The van der Waals surface area contributed by atoms with E-state index in [4.69, 9.17) is 0 Å². The molecule has 0 saturated carbocycles. The van der Waals surface area contributed by atoms with Gasteiger partial charge in [-0.2, -0.15) is 0 Å². The zero-order valence-electron chi connectivity index (χ0n) is 19.9. The number of unbranched alkanes of at least 4 members (excludes halogenated alkanes) is 21. The van der Waals surface area contributed by atoms with Crippen molar-refractivity contribution < 1.29 is 42.5 Å². The summed E-state index contributed by atoms with van der Waals surface area (Å²) < 4.78 is 31.5. The van der Waals surface area contributed by atoms with Gasteiger partial charge >= 0.3 is 29.6 Å². The van der Waals surface area contributed by atoms with Crippen molar-refractivity contribution in [3.8, 4) is 0 Å². The third kappa shape index (κ3) is 31.2. The van der Waals surface area contributed by atoms with E-state index in [2.05, 4.69) is 6.92 Å². The molecule has 29 heavy (non-hydrogen) atoms. The minimum atomic E-state index is -4.00. The minimum absolute atomic E-state index is 0. The van der Waals surface area contributed by atoms with Gasteiger partial charge in [-0.25, -0.2) is 8.42 Å². The fourth-order valence-corrected chi connectivity index (χ4v) is 4.45. The Bertz CT molecular complexity index is 399. The fourth-order valence-electron chi connectivity index (χ4n) is 3.89. The predicted octanol–water partition coefficient (Wildman–Crippen LogP) is 5.14. The number of hydrogen-bond donors (Lipinski definition) is 0. The molecule has 0 rings (SSSR count). The molecule has 0 spiro atoms. The summed E-state index contributed by atoms with van der Waals surface area (Å²) in [5.74, 6) is -0.188. The maximum Gasteiger partial charge on any atom is 1.00 e. The molecule has 0 aromatic heterocycles. The van der Waals surface area contributed by atoms with Crippen LogP contribution in [0.25, 0.3) is 0 Å². The molecule has 0 aliphatic rings. The normalized spacial score (nSPS) is 11.5. The monoisotopic (exact) mass is 440 g/mol. The van der Waals surface area contributed by atoms with Gasteiger partial charge in [0.1, 0.15) is 0 Å². The molecule has 0 heterocycles. The van der Waals surface area contributed by atoms with Crippen molar-refractivity contribution in [2.75, 3.05) is 5.75 Å². The van der Waals surface area contributed by atoms with Gasteiger partial charge < -0.3 is 4.55 Å². The second-order valence-electron chi connectivity index (χ2n) is 8.69. The van der Waals surface area contributed by atoms with E-state index in [9.17, 15) is 13.0 Å². The Balaban J connectivity index is 0. The van der Waals surface area contributed by atoms with Gasteiger partial charge in [0, 0.05) is 5.75 Å². The maximum absolute atomic E-state index is 10.5. The van der Waals surface area contributed by atoms with Crippen molar-refractivity contribution in [3.63, 3.8) is 0 Å². The van der Waals surface area contributed by atoms with E-state index in [0.29, 0.717) is 6.42 Å². The van der Waals surface area contributed by atoms with Crippen LogP contribution in [0, 0.1) is 0 Å². The van der Waals surface area contributed by atoms with Crippen LogP contribution in [0.15, 0.2) is 0 Å². The molecule has 3 nitrogen and oxygen atoms in total. The zero-order chi connectivity index (χ0) is 20.8. The summed E-state index contributed by atoms with van der Waals surface area (Å²) in [6.07, 6.45) is 28.9. The summed E-state index contributed by atoms with van der Waals surface area (Å²) in [5.41, 5.74) is 0. The first-order valence-electron chi connectivity index (χ1n) is 12.5. The SMILES string of the molecule is CCCCCCCCCCCCCCCCCCCCCCCCS(=O)(=O)[O-].[Na+]. The second kappa shape index (κ2) is 25.2. The summed E-state index contributed by atoms with van der Waals surface area (Å²) in [6, 6.07) is 0. The molecular formula is C24H49NaO3S. The topological polar surface area (TPSA) is 57.2 Å². The second-order valence-corrected chi connectivity index (χ2v) is 10.2. The summed E-state index contributed by atoms with van der Waals surface area (Å²) >= 11 is 0. The van der Waals surface area contributed by atoms with Crippen molar-refractivity contribution in [2.45, 2.75) is 148 Å². The first-order valence-corrected chi connectivity index (χ1v) is 14.1. The minimum Gasteiger partial charge on any atom is -0.748 e. The fraction of sp³-hybridized carbons (Fsp3) is 1.00. The summed E-state index contributed by atoms with van der Waals surface area (Å²) in [7, 11) is -4.00. The van der Waals surface area contributed by atoms with E-state index < -0.39 is 10.1 Å². The van der Waals surface area contributed by atoms with Gasteiger partial charge in [-0.15, -0.1) is 0 Å². The molecule has 0 aliphatic heterocycles. The van der Waals surface area contributed by atoms with Gasteiger partial charge in [0.25, 0.3) is 0 Å². The van der Waals surface area contributed by atoms with Crippen LogP contribution >= 0.6 is 0 Å². The largest absolute Gasteiger partial charge is 1.00 e. The quantitative estimate of drug-likeness (QED) is 0.126. The van der Waals surface area contributed by atoms with E-state index in [-0.39, 0.29) is 35.3 Å². The molecular weight excluding hydrogens is 391 g/mol. The van der Waals surface area contributed by atoms with Gasteiger partial charge in [-0.1, -0.05) is 142 Å². The van der Waals surface area contributed by atoms with Gasteiger partial charge in [-0.3, -0.25) is 0 Å². The smallest absolute Gasteiger partial charge is 0.748 e. The Labute approximate surface area is 205 Å². The molecule has 0 radical (unpaired) electrons. The molecule has 0 fully saturated rings. The zero-order valence-corrected chi connectivity index (χ0v) is 22.7. The van der Waals surface area contributed by atoms with Gasteiger partial charge in [-0.05, 0) is 6.42 Å². The summed E-state index contributed by atoms with van der Waals surface area (Å²) in [5, 5.41) is 0. The van der Waals surface area contributed by atoms with Crippen molar-refractivity contribution in [3.05, 3.63) is 0 Å². The molecule has 0 aromatic rings. The number of rotatable bonds is 23. The van der Waals surface area contributed by atoms with Crippen LogP contribution in [0.1, 0.15) is 148 Å². The van der Waals surface area contributed by atoms with Gasteiger partial charge in [0.05, 0.1) is 10.1 Å². The van der Waals surface area contributed by atoms with Crippen LogP contribution < -0.4 is 29.6 Å². The van der Waals surface area contributed by atoms with Crippen molar-refractivity contribution in [1.82, 2.24) is 0 Å². The van der Waals surface area contributed by atoms with Crippen LogP contribution in [0.4, 0.5) is 0 Å². The maximum atomic E-state index is 10.5. The third-order valence-corrected chi connectivity index (χ3v) is 6.54. The third-order valence-electron chi connectivity index (χ3n) is 5.75. The average molecular weight is 441 g/mol. The molecule has 170 valence electrons. The Morgan fingerprint density at radius 3 is 0.862 bits per heavy atom. The molecule has 0 atom stereocenters. The van der Waals surface area contributed by atoms with E-state index in [0.717, 1.165) is 12.8 Å². The summed E-state index contributed by atoms with van der Waals surface area (Å²) in [4.78, 5) is 0. The first kappa shape index (κ1) is 32.1. The molecule has 0 aliphatic carbocycles. The molecule has 5 heteroatoms. The van der Waals surface area contributed by atoms with Crippen LogP contribution in [-0.2, 0) is 10.1 Å². The van der Waals surface area contributed by atoms with Crippen LogP contribution in [0.3, 0.4) is 0 Å². The molecule has 0 saturated heterocycles. The van der Waals surface area contributed by atoms with Gasteiger partial charge in [0.2, 0.25) is 0 Å². The standard InChI is InChI=1S/C24H50O3S.Na/c1-2-3-4-5-6-7-8-9-10-11-12-13-14-15-16-17-18-19-20-21-22-23-24-28(25,26)27;/h2-24H2,1H3,(H,25,26,27);/q;+1/p-1. The van der Waals surface area contributed by atoms with E-state index in [1.165, 1.54) is 122 Å². The Morgan fingerprint density at radius 2 is 0.655 bits per heavy atom. The van der Waals surface area contributed by atoms with Crippen LogP contribution in [0.5, 0.6) is 0 Å². The Morgan fingerprint density at radius 1 is 0.448 bits per heavy atom. The summed E-state index contributed by atoms with van der Waals surface area (Å²) in [6.45, 7) is 2.28. The van der Waals surface area contributed by atoms with E-state index >= 15 is 0 Å². The average Bonchev–Trinajstić information content (AvgIpc) is 2.65. The Kier molecular flexibility index (Phi) is 27.9. The molecule has 0 aromatic carbocycles. The number of hydrogen-bond acceptors (Lipinski definition) is 3. The van der Waals surface area contributed by atoms with Crippen molar-refractivity contribution >= 4 is 10.1 Å². The van der Waals surface area contributed by atoms with E-state index in [1.807, 2.05) is 0 Å². The molecule has 0 bridgehead atoms. The predicted molar refractivity (Wildman–Crippen MR) is 122 cm³/mol. The Hall–Kier alpha value is 0.910. The molecule has 0 N–H and O–H groups in total. The van der Waals surface area contributed by atoms with Crippen molar-refractivity contribution in [1.29, 1.82) is 0 Å². The first-order chi connectivity index (χ1) is 13.6. The van der Waals surface area contributed by atoms with Crippen LogP contribution in [-0.4, -0.2) is 18.7 Å². The van der Waals surface area contributed by atoms with Gasteiger partial charge in [0.15, 0.2) is 0 Å².